The summed E-state index contributed by atoms with van der Waals surface area (Å²) in [6, 6.07) is 0. The van der Waals surface area contributed by atoms with Crippen LogP contribution in [0.1, 0.15) is 6.92 Å². The third-order valence-corrected chi connectivity index (χ3v) is 0. The summed E-state index contributed by atoms with van der Waals surface area (Å²) in [7, 11) is 14.7. The van der Waals surface area contributed by atoms with Crippen LogP contribution in [-0.2, 0) is 11.2 Å². The molecule has 0 aromatic carbocycles. The Kier molecular flexibility index (Phi) is 31.8. The van der Waals surface area contributed by atoms with Gasteiger partial charge in [0.2, 0.25) is 0 Å². The van der Waals surface area contributed by atoms with Gasteiger partial charge >= 0.3 is 41.5 Å². The molecule has 3 N–H and O–H groups in total. The molecule has 0 amide bonds. The molecule has 0 atom stereocenters. The Balaban J connectivity index is -0.0000000575. The molecule has 0 aliphatic rings. The molecule has 0 rings (SSSR count). The minimum atomic E-state index is -1.33. The van der Waals surface area contributed by atoms with Gasteiger partial charge in [0.05, 0.1) is 0 Å². The molecule has 0 spiro atoms. The van der Waals surface area contributed by atoms with Gasteiger partial charge in [0.25, 0.3) is 0 Å². The van der Waals surface area contributed by atoms with E-state index in [1.807, 2.05) is 0 Å². The number of hydrogen-bond acceptors (Lipinski definition) is 1. The first-order chi connectivity index (χ1) is 3.15. The van der Waals surface area contributed by atoms with Gasteiger partial charge in [-0.1, -0.05) is 0 Å². The predicted octanol–water partition coefficient (Wildman–Crippen LogP) is 1.24. The van der Waals surface area contributed by atoms with Crippen LogP contribution in [0.4, 0.5) is 0 Å². The average molecular weight is 226 g/mol. The van der Waals surface area contributed by atoms with Crippen LogP contribution in [0.5, 0.6) is 0 Å². The Morgan fingerprint density at radius 2 is 1.38 bits per heavy atom. The molecule has 0 aliphatic carbocycles. The standard InChI is InChI=1S/C2H6O.3ClH.Fe.H2O/c1-2-3;;;;;/h3H,2H2,1H3;3*1H;;1H2/q;;;;+3;/p-3. The van der Waals surface area contributed by atoms with Crippen molar-refractivity contribution in [2.45, 2.75) is 6.92 Å². The van der Waals surface area contributed by atoms with Crippen LogP contribution in [0.25, 0.3) is 0 Å². The van der Waals surface area contributed by atoms with Gasteiger partial charge in [0, 0.05) is 6.61 Å². The van der Waals surface area contributed by atoms with E-state index in [2.05, 4.69) is 0 Å². The normalized spacial score (nSPS) is 7.88. The maximum atomic E-state index is 7.57. The van der Waals surface area contributed by atoms with Crippen molar-refractivity contribution in [1.82, 2.24) is 0 Å². The Labute approximate surface area is 65.6 Å². The summed E-state index contributed by atoms with van der Waals surface area (Å²) >= 11 is -1.33. The van der Waals surface area contributed by atoms with E-state index in [1.165, 1.54) is 0 Å². The van der Waals surface area contributed by atoms with Crippen molar-refractivity contribution in [3.05, 3.63) is 0 Å². The van der Waals surface area contributed by atoms with Crippen molar-refractivity contribution in [2.24, 2.45) is 0 Å². The van der Waals surface area contributed by atoms with E-state index in [0.717, 1.165) is 0 Å². The van der Waals surface area contributed by atoms with Crippen LogP contribution >= 0.6 is 30.3 Å². The predicted molar refractivity (Wildman–Crippen MR) is 33.9 cm³/mol. The van der Waals surface area contributed by atoms with Gasteiger partial charge in [0.15, 0.2) is 0 Å². The minimum absolute atomic E-state index is 0. The summed E-state index contributed by atoms with van der Waals surface area (Å²) in [4.78, 5) is 0. The molecular formula is C2H8Cl3FeO2. The van der Waals surface area contributed by atoms with Crippen molar-refractivity contribution in [3.63, 3.8) is 0 Å². The van der Waals surface area contributed by atoms with Crippen LogP contribution in [-0.4, -0.2) is 17.2 Å². The zero-order valence-corrected chi connectivity index (χ0v) is 7.51. The van der Waals surface area contributed by atoms with Crippen LogP contribution in [0.15, 0.2) is 0 Å². The van der Waals surface area contributed by atoms with E-state index in [9.17, 15) is 0 Å². The summed E-state index contributed by atoms with van der Waals surface area (Å²) < 4.78 is 0. The van der Waals surface area contributed by atoms with Crippen LogP contribution in [0.3, 0.4) is 0 Å². The number of aliphatic hydroxyl groups is 1. The van der Waals surface area contributed by atoms with Crippen molar-refractivity contribution < 1.29 is 21.7 Å². The summed E-state index contributed by atoms with van der Waals surface area (Å²) in [5.74, 6) is 0. The number of rotatable bonds is 0. The van der Waals surface area contributed by atoms with Crippen molar-refractivity contribution >= 4 is 30.3 Å². The zero-order valence-electron chi connectivity index (χ0n) is 4.14. The Morgan fingerprint density at radius 1 is 1.38 bits per heavy atom. The molecule has 0 aromatic rings. The Hall–Kier alpha value is 1.31. The average Bonchev–Trinajstić information content (AvgIpc) is 1.33. The molecule has 0 aliphatic heterocycles. The fourth-order valence-corrected chi connectivity index (χ4v) is 0. The quantitative estimate of drug-likeness (QED) is 0.621. The van der Waals surface area contributed by atoms with Gasteiger partial charge in [-0.05, 0) is 6.92 Å². The van der Waals surface area contributed by atoms with Crippen molar-refractivity contribution in [2.75, 3.05) is 6.61 Å². The molecule has 0 aromatic heterocycles. The van der Waals surface area contributed by atoms with Crippen molar-refractivity contribution in [3.8, 4) is 0 Å². The van der Waals surface area contributed by atoms with Gasteiger partial charge in [-0.25, -0.2) is 0 Å². The van der Waals surface area contributed by atoms with Gasteiger partial charge in [-0.3, -0.25) is 0 Å². The van der Waals surface area contributed by atoms with E-state index in [4.69, 9.17) is 35.4 Å². The number of hydrogen-bond donors (Lipinski definition) is 1. The number of halogens is 3. The molecule has 57 valence electrons. The Bertz CT molecular complexity index is 26.5. The molecule has 2 nitrogen and oxygen atoms in total. The van der Waals surface area contributed by atoms with Gasteiger partial charge < -0.3 is 10.6 Å². The molecule has 6 heteroatoms. The van der Waals surface area contributed by atoms with Gasteiger partial charge in [-0.2, -0.15) is 0 Å². The maximum absolute atomic E-state index is 7.57. The fourth-order valence-electron chi connectivity index (χ4n) is 0. The molecule has 0 bridgehead atoms. The van der Waals surface area contributed by atoms with Gasteiger partial charge in [0.1, 0.15) is 0 Å². The molecule has 0 saturated heterocycles. The van der Waals surface area contributed by atoms with E-state index >= 15 is 0 Å². The van der Waals surface area contributed by atoms with Crippen LogP contribution < -0.4 is 0 Å². The molecule has 0 heterocycles. The van der Waals surface area contributed by atoms with Crippen LogP contribution in [0.2, 0.25) is 0 Å². The van der Waals surface area contributed by atoms with Gasteiger partial charge in [-0.15, -0.1) is 0 Å². The first-order valence-corrected chi connectivity index (χ1v) is 5.98. The molecule has 0 fully saturated rings. The molecule has 0 radical (unpaired) electrons. The molecular weight excluding hydrogens is 218 g/mol. The van der Waals surface area contributed by atoms with E-state index in [1.54, 1.807) is 6.92 Å². The SMILES string of the molecule is CCO.O.[Cl][Fe]([Cl])[Cl]. The number of aliphatic hydroxyl groups excluding tert-OH is 1. The first kappa shape index (κ1) is 16.1. The Morgan fingerprint density at radius 3 is 1.38 bits per heavy atom. The summed E-state index contributed by atoms with van der Waals surface area (Å²) in [6.45, 7) is 1.93. The fraction of sp³-hybridized carbons (Fsp3) is 1.00. The van der Waals surface area contributed by atoms with Crippen LogP contribution in [0, 0.1) is 0 Å². The summed E-state index contributed by atoms with van der Waals surface area (Å²) in [5, 5.41) is 7.57. The second kappa shape index (κ2) is 15.7. The monoisotopic (exact) mass is 225 g/mol. The first-order valence-electron chi connectivity index (χ1n) is 1.42. The third-order valence-electron chi connectivity index (χ3n) is 0. The van der Waals surface area contributed by atoms with Crippen molar-refractivity contribution in [1.29, 1.82) is 0 Å². The van der Waals surface area contributed by atoms with E-state index in [-0.39, 0.29) is 12.1 Å². The van der Waals surface area contributed by atoms with E-state index < -0.39 is 11.2 Å². The molecule has 0 saturated carbocycles. The third kappa shape index (κ3) is 170. The molecule has 0 unspecified atom stereocenters. The topological polar surface area (TPSA) is 51.7 Å². The second-order valence-electron chi connectivity index (χ2n) is 0.468. The van der Waals surface area contributed by atoms with E-state index in [0.29, 0.717) is 0 Å². The molecule has 8 heavy (non-hydrogen) atoms. The summed E-state index contributed by atoms with van der Waals surface area (Å²) in [5.41, 5.74) is 0. The summed E-state index contributed by atoms with van der Waals surface area (Å²) in [6.07, 6.45) is 0. The zero-order chi connectivity index (χ0) is 6.28. The second-order valence-corrected chi connectivity index (χ2v) is 5.94.